The van der Waals surface area contributed by atoms with E-state index in [1.54, 1.807) is 0 Å². The van der Waals surface area contributed by atoms with Gasteiger partial charge in [0.2, 0.25) is 12.3 Å². The SMILES string of the molecule is CC(=O)Nc1cc(S(=O)(=O)O)c(NC=O)cc1S(=O)(=O)O. The number of carbonyl (C=O) groups is 2. The third-order valence-corrected chi connectivity index (χ3v) is 3.95. The summed E-state index contributed by atoms with van der Waals surface area (Å²) < 4.78 is 63.0. The van der Waals surface area contributed by atoms with Gasteiger partial charge in [-0.15, -0.1) is 0 Å². The minimum Gasteiger partial charge on any atom is -0.327 e. The fraction of sp³-hybridized carbons (Fsp3) is 0.111. The van der Waals surface area contributed by atoms with Crippen LogP contribution in [-0.4, -0.2) is 38.3 Å². The fourth-order valence-corrected chi connectivity index (χ4v) is 2.77. The fourth-order valence-electron chi connectivity index (χ4n) is 1.45. The molecule has 10 nitrogen and oxygen atoms in total. The molecule has 0 heterocycles. The van der Waals surface area contributed by atoms with E-state index in [9.17, 15) is 26.4 Å². The molecule has 0 spiro atoms. The molecule has 21 heavy (non-hydrogen) atoms. The van der Waals surface area contributed by atoms with Crippen LogP contribution >= 0.6 is 0 Å². The van der Waals surface area contributed by atoms with E-state index in [4.69, 9.17) is 9.11 Å². The number of amides is 2. The number of hydrogen-bond donors (Lipinski definition) is 4. The molecule has 116 valence electrons. The minimum atomic E-state index is -4.83. The van der Waals surface area contributed by atoms with E-state index in [0.29, 0.717) is 12.1 Å². The highest BCUT2D eigenvalue weighted by Gasteiger charge is 2.24. The van der Waals surface area contributed by atoms with Crippen molar-refractivity contribution in [2.45, 2.75) is 16.7 Å². The molecule has 0 saturated heterocycles. The average molecular weight is 338 g/mol. The van der Waals surface area contributed by atoms with Gasteiger partial charge in [-0.25, -0.2) is 0 Å². The zero-order chi connectivity index (χ0) is 16.4. The summed E-state index contributed by atoms with van der Waals surface area (Å²) in [4.78, 5) is 19.7. The van der Waals surface area contributed by atoms with E-state index in [0.717, 1.165) is 6.92 Å². The lowest BCUT2D eigenvalue weighted by Gasteiger charge is -2.13. The van der Waals surface area contributed by atoms with Gasteiger partial charge in [-0.3, -0.25) is 18.7 Å². The molecule has 1 rings (SSSR count). The van der Waals surface area contributed by atoms with Gasteiger partial charge in [0, 0.05) is 6.92 Å². The van der Waals surface area contributed by atoms with Crippen LogP contribution in [0.2, 0.25) is 0 Å². The molecular weight excluding hydrogens is 328 g/mol. The summed E-state index contributed by atoms with van der Waals surface area (Å²) in [6.45, 7) is 1.01. The number of carbonyl (C=O) groups excluding carboxylic acids is 2. The number of benzene rings is 1. The minimum absolute atomic E-state index is 0.0376. The molecule has 0 aliphatic heterocycles. The van der Waals surface area contributed by atoms with Crippen LogP contribution in [0.25, 0.3) is 0 Å². The summed E-state index contributed by atoms with van der Waals surface area (Å²) in [6.07, 6.45) is 0.0376. The van der Waals surface area contributed by atoms with Crippen LogP contribution in [-0.2, 0) is 29.8 Å². The summed E-state index contributed by atoms with van der Waals surface area (Å²) in [5.74, 6) is -0.753. The van der Waals surface area contributed by atoms with Gasteiger partial charge in [-0.2, -0.15) is 16.8 Å². The molecule has 0 aliphatic rings. The first-order chi connectivity index (χ1) is 9.46. The predicted molar refractivity (Wildman–Crippen MR) is 70.1 cm³/mol. The lowest BCUT2D eigenvalue weighted by Crippen LogP contribution is -2.14. The molecule has 0 atom stereocenters. The van der Waals surface area contributed by atoms with Crippen molar-refractivity contribution in [3.8, 4) is 0 Å². The molecule has 0 radical (unpaired) electrons. The third-order valence-electron chi connectivity index (χ3n) is 2.16. The Kier molecular flexibility index (Phi) is 4.68. The van der Waals surface area contributed by atoms with Gasteiger partial charge >= 0.3 is 0 Å². The first-order valence-corrected chi connectivity index (χ1v) is 7.95. The molecule has 0 unspecified atom stereocenters. The second-order valence-electron chi connectivity index (χ2n) is 3.74. The van der Waals surface area contributed by atoms with E-state index in [1.807, 2.05) is 10.6 Å². The maximum Gasteiger partial charge on any atom is 0.296 e. The van der Waals surface area contributed by atoms with Crippen molar-refractivity contribution in [1.82, 2.24) is 0 Å². The first-order valence-electron chi connectivity index (χ1n) is 5.07. The van der Waals surface area contributed by atoms with Gasteiger partial charge in [-0.05, 0) is 12.1 Å². The van der Waals surface area contributed by atoms with Gasteiger partial charge in [0.05, 0.1) is 11.4 Å². The normalized spacial score (nSPS) is 11.8. The van der Waals surface area contributed by atoms with Crippen LogP contribution < -0.4 is 10.6 Å². The molecule has 12 heteroatoms. The van der Waals surface area contributed by atoms with Gasteiger partial charge in [0.15, 0.2) is 0 Å². The molecule has 0 aliphatic carbocycles. The van der Waals surface area contributed by atoms with Gasteiger partial charge < -0.3 is 10.6 Å². The molecule has 0 fully saturated rings. The summed E-state index contributed by atoms with van der Waals surface area (Å²) in [5.41, 5.74) is -1.16. The highest BCUT2D eigenvalue weighted by Crippen LogP contribution is 2.31. The summed E-state index contributed by atoms with van der Waals surface area (Å²) in [5, 5.41) is 3.86. The first kappa shape index (κ1) is 17.0. The number of anilines is 2. The summed E-state index contributed by atoms with van der Waals surface area (Å²) in [7, 11) is -9.65. The largest absolute Gasteiger partial charge is 0.327 e. The van der Waals surface area contributed by atoms with Crippen molar-refractivity contribution in [3.05, 3.63) is 12.1 Å². The second kappa shape index (κ2) is 5.77. The lowest BCUT2D eigenvalue weighted by atomic mass is 10.2. The number of hydrogen-bond acceptors (Lipinski definition) is 6. The molecule has 1 aromatic carbocycles. The van der Waals surface area contributed by atoms with E-state index in [2.05, 4.69) is 0 Å². The Morgan fingerprint density at radius 3 is 1.86 bits per heavy atom. The monoisotopic (exact) mass is 338 g/mol. The van der Waals surface area contributed by atoms with Crippen molar-refractivity contribution < 1.29 is 35.5 Å². The zero-order valence-electron chi connectivity index (χ0n) is 10.4. The molecular formula is C9H10N2O8S2. The van der Waals surface area contributed by atoms with Gasteiger partial charge in [0.1, 0.15) is 9.79 Å². The van der Waals surface area contributed by atoms with E-state index in [1.165, 1.54) is 0 Å². The van der Waals surface area contributed by atoms with Crippen molar-refractivity contribution in [1.29, 1.82) is 0 Å². The summed E-state index contributed by atoms with van der Waals surface area (Å²) in [6, 6.07) is 1.17. The maximum atomic E-state index is 11.2. The van der Waals surface area contributed by atoms with E-state index in [-0.39, 0.29) is 6.41 Å². The molecule has 0 bridgehead atoms. The highest BCUT2D eigenvalue weighted by atomic mass is 32.2. The number of rotatable bonds is 5. The Morgan fingerprint density at radius 1 is 1.05 bits per heavy atom. The van der Waals surface area contributed by atoms with Gasteiger partial charge in [-0.1, -0.05) is 0 Å². The molecule has 2 amide bonds. The topological polar surface area (TPSA) is 167 Å². The Hall–Kier alpha value is -2.02. The zero-order valence-corrected chi connectivity index (χ0v) is 12.0. The lowest BCUT2D eigenvalue weighted by molar-refractivity contribution is -0.114. The second-order valence-corrected chi connectivity index (χ2v) is 6.52. The van der Waals surface area contributed by atoms with Crippen LogP contribution in [0.3, 0.4) is 0 Å². The van der Waals surface area contributed by atoms with Crippen LogP contribution in [0.5, 0.6) is 0 Å². The Morgan fingerprint density at radius 2 is 1.48 bits per heavy atom. The quantitative estimate of drug-likeness (QED) is 0.419. The van der Waals surface area contributed by atoms with Crippen LogP contribution in [0.4, 0.5) is 11.4 Å². The van der Waals surface area contributed by atoms with Crippen molar-refractivity contribution in [2.75, 3.05) is 10.6 Å². The standard InChI is InChI=1S/C9H10N2O8S2/c1-5(13)11-7-3-8(20(14,15)16)6(10-4-12)2-9(7)21(17,18)19/h2-4H,1H3,(H,10,12)(H,11,13)(H,14,15,16)(H,17,18,19). The predicted octanol–water partition coefficient (Wildman–Crippen LogP) is -0.293. The highest BCUT2D eigenvalue weighted by molar-refractivity contribution is 7.86. The average Bonchev–Trinajstić information content (AvgIpc) is 2.27. The number of nitrogens with one attached hydrogen (secondary N) is 2. The van der Waals surface area contributed by atoms with E-state index >= 15 is 0 Å². The Labute approximate surface area is 119 Å². The smallest absolute Gasteiger partial charge is 0.296 e. The molecule has 4 N–H and O–H groups in total. The molecule has 1 aromatic rings. The molecule has 0 saturated carbocycles. The third kappa shape index (κ3) is 4.22. The Balaban J connectivity index is 3.78. The van der Waals surface area contributed by atoms with Crippen LogP contribution in [0.1, 0.15) is 6.92 Å². The van der Waals surface area contributed by atoms with E-state index < -0.39 is 47.3 Å². The van der Waals surface area contributed by atoms with Crippen molar-refractivity contribution >= 4 is 43.9 Å². The van der Waals surface area contributed by atoms with Gasteiger partial charge in [0.25, 0.3) is 20.2 Å². The van der Waals surface area contributed by atoms with Crippen molar-refractivity contribution in [3.63, 3.8) is 0 Å². The van der Waals surface area contributed by atoms with Crippen molar-refractivity contribution in [2.24, 2.45) is 0 Å². The Bertz CT molecular complexity index is 797. The van der Waals surface area contributed by atoms with Crippen LogP contribution in [0.15, 0.2) is 21.9 Å². The maximum absolute atomic E-state index is 11.2. The van der Waals surface area contributed by atoms with Crippen LogP contribution in [0, 0.1) is 0 Å². The molecule has 0 aromatic heterocycles. The summed E-state index contributed by atoms with van der Waals surface area (Å²) >= 11 is 0.